The van der Waals surface area contributed by atoms with Crippen LogP contribution in [0.3, 0.4) is 0 Å². The molecule has 0 spiro atoms. The van der Waals surface area contributed by atoms with Gasteiger partial charge in [-0.3, -0.25) is 4.68 Å². The Morgan fingerprint density at radius 1 is 1.33 bits per heavy atom. The van der Waals surface area contributed by atoms with E-state index in [1.54, 1.807) is 4.68 Å². The number of hydrogen-bond acceptors (Lipinski definition) is 2. The normalized spacial score (nSPS) is 10.7. The Hall–Kier alpha value is -1.000. The quantitative estimate of drug-likeness (QED) is 0.848. The van der Waals surface area contributed by atoms with Gasteiger partial charge in [-0.2, -0.15) is 5.10 Å². The Kier molecular flexibility index (Phi) is 4.30. The highest BCUT2D eigenvalue weighted by molar-refractivity contribution is 9.10. The molecule has 1 aromatic carbocycles. The van der Waals surface area contributed by atoms with Gasteiger partial charge in [0.2, 0.25) is 0 Å². The lowest BCUT2D eigenvalue weighted by Crippen LogP contribution is -2.03. The molecule has 2 rings (SSSR count). The van der Waals surface area contributed by atoms with Gasteiger partial charge < -0.3 is 4.74 Å². The number of halogens is 2. The fourth-order valence-electron chi connectivity index (χ4n) is 1.66. The zero-order valence-corrected chi connectivity index (χ0v) is 12.6. The van der Waals surface area contributed by atoms with E-state index in [9.17, 15) is 0 Å². The zero-order valence-electron chi connectivity index (χ0n) is 10.3. The average Bonchev–Trinajstić information content (AvgIpc) is 2.64. The lowest BCUT2D eigenvalue weighted by atomic mass is 10.3. The summed E-state index contributed by atoms with van der Waals surface area (Å²) in [4.78, 5) is 0. The molecule has 1 aromatic heterocycles. The van der Waals surface area contributed by atoms with Gasteiger partial charge in [0.15, 0.2) is 0 Å². The molecular weight excluding hydrogens is 316 g/mol. The maximum Gasteiger partial charge on any atom is 0.131 e. The van der Waals surface area contributed by atoms with Crippen LogP contribution >= 0.6 is 27.5 Å². The van der Waals surface area contributed by atoms with Gasteiger partial charge in [0, 0.05) is 11.5 Å². The molecule has 0 amide bonds. The van der Waals surface area contributed by atoms with Crippen LogP contribution in [0.4, 0.5) is 0 Å². The van der Waals surface area contributed by atoms with Gasteiger partial charge in [0.25, 0.3) is 0 Å². The van der Waals surface area contributed by atoms with Crippen molar-refractivity contribution in [3.8, 4) is 5.75 Å². The number of hydrogen-bond donors (Lipinski definition) is 0. The maximum atomic E-state index is 6.25. The van der Waals surface area contributed by atoms with Gasteiger partial charge in [-0.1, -0.05) is 34.5 Å². The summed E-state index contributed by atoms with van der Waals surface area (Å²) in [5.41, 5.74) is 1.81. The molecule has 0 radical (unpaired) electrons. The average molecular weight is 330 g/mol. The molecule has 0 aliphatic rings. The molecule has 96 valence electrons. The second-order valence-electron chi connectivity index (χ2n) is 3.93. The largest absolute Gasteiger partial charge is 0.487 e. The summed E-state index contributed by atoms with van der Waals surface area (Å²) in [5, 5.41) is 5.06. The number of ether oxygens (including phenoxy) is 1. The van der Waals surface area contributed by atoms with Gasteiger partial charge in [-0.25, -0.2) is 0 Å². The third-order valence-corrected chi connectivity index (χ3v) is 3.66. The van der Waals surface area contributed by atoms with Crippen molar-refractivity contribution in [2.75, 3.05) is 0 Å². The van der Waals surface area contributed by atoms with E-state index < -0.39 is 0 Å². The minimum atomic E-state index is 0.421. The molecule has 3 nitrogen and oxygen atoms in total. The van der Waals surface area contributed by atoms with Crippen LogP contribution in [0.2, 0.25) is 5.02 Å². The van der Waals surface area contributed by atoms with Gasteiger partial charge in [0.1, 0.15) is 12.4 Å². The molecule has 0 fully saturated rings. The van der Waals surface area contributed by atoms with E-state index in [1.807, 2.05) is 38.2 Å². The van der Waals surface area contributed by atoms with Gasteiger partial charge in [0.05, 0.1) is 16.4 Å². The first-order valence-corrected chi connectivity index (χ1v) is 6.87. The van der Waals surface area contributed by atoms with E-state index in [0.29, 0.717) is 11.6 Å². The van der Waals surface area contributed by atoms with Crippen LogP contribution in [0.25, 0.3) is 0 Å². The van der Waals surface area contributed by atoms with Crippen molar-refractivity contribution in [3.63, 3.8) is 0 Å². The van der Waals surface area contributed by atoms with Gasteiger partial charge in [-0.05, 0) is 30.7 Å². The molecule has 5 heteroatoms. The monoisotopic (exact) mass is 328 g/mol. The molecule has 0 N–H and O–H groups in total. The van der Waals surface area contributed by atoms with Crippen LogP contribution in [0.5, 0.6) is 5.75 Å². The molecule has 0 saturated carbocycles. The molecular formula is C13H14BrClN2O. The highest BCUT2D eigenvalue weighted by atomic mass is 79.9. The van der Waals surface area contributed by atoms with Gasteiger partial charge >= 0.3 is 0 Å². The first kappa shape index (κ1) is 13.4. The Balaban J connectivity index is 2.10. The highest BCUT2D eigenvalue weighted by Gasteiger charge is 2.13. The lowest BCUT2D eigenvalue weighted by molar-refractivity contribution is 0.295. The predicted molar refractivity (Wildman–Crippen MR) is 76.1 cm³/mol. The summed E-state index contributed by atoms with van der Waals surface area (Å²) in [5.74, 6) is 0.813. The first-order chi connectivity index (χ1) is 8.61. The van der Waals surface area contributed by atoms with E-state index in [1.165, 1.54) is 0 Å². The second-order valence-corrected chi connectivity index (χ2v) is 5.22. The van der Waals surface area contributed by atoms with Crippen LogP contribution in [0.15, 0.2) is 28.7 Å². The summed E-state index contributed by atoms with van der Waals surface area (Å²) in [6.45, 7) is 2.46. The number of rotatable bonds is 4. The zero-order chi connectivity index (χ0) is 13.1. The molecule has 0 unspecified atom stereocenters. The Labute approximate surface area is 120 Å². The molecule has 1 heterocycles. The van der Waals surface area contributed by atoms with E-state index >= 15 is 0 Å². The predicted octanol–water partition coefficient (Wildman–Crippen LogP) is 3.98. The summed E-state index contributed by atoms with van der Waals surface area (Å²) in [6, 6.07) is 7.71. The van der Waals surface area contributed by atoms with Crippen molar-refractivity contribution >= 4 is 27.5 Å². The third-order valence-electron chi connectivity index (χ3n) is 2.69. The number of benzene rings is 1. The minimum Gasteiger partial charge on any atom is -0.487 e. The molecule has 0 aliphatic heterocycles. The Morgan fingerprint density at radius 3 is 2.56 bits per heavy atom. The van der Waals surface area contributed by atoms with Crippen molar-refractivity contribution in [1.29, 1.82) is 0 Å². The summed E-state index contributed by atoms with van der Waals surface area (Å²) < 4.78 is 8.51. The Bertz CT molecular complexity index is 537. The number of aryl methyl sites for hydroxylation is 2. The maximum absolute atomic E-state index is 6.25. The van der Waals surface area contributed by atoms with Crippen molar-refractivity contribution in [2.45, 2.75) is 20.0 Å². The van der Waals surface area contributed by atoms with Crippen LogP contribution in [0.1, 0.15) is 18.3 Å². The van der Waals surface area contributed by atoms with Crippen molar-refractivity contribution in [1.82, 2.24) is 9.78 Å². The summed E-state index contributed by atoms with van der Waals surface area (Å²) in [7, 11) is 1.88. The smallest absolute Gasteiger partial charge is 0.131 e. The summed E-state index contributed by atoms with van der Waals surface area (Å²) in [6.07, 6.45) is 0.824. The lowest BCUT2D eigenvalue weighted by Gasteiger charge is -2.07. The third kappa shape index (κ3) is 2.87. The van der Waals surface area contributed by atoms with Crippen LogP contribution in [-0.4, -0.2) is 9.78 Å². The van der Waals surface area contributed by atoms with Crippen molar-refractivity contribution < 1.29 is 4.74 Å². The van der Waals surface area contributed by atoms with Gasteiger partial charge in [-0.15, -0.1) is 0 Å². The molecule has 0 saturated heterocycles. The van der Waals surface area contributed by atoms with Crippen LogP contribution in [0, 0.1) is 0 Å². The number of nitrogens with zero attached hydrogens (tertiary/aromatic N) is 2. The second kappa shape index (κ2) is 5.76. The summed E-state index contributed by atoms with van der Waals surface area (Å²) >= 11 is 9.64. The molecule has 0 atom stereocenters. The molecule has 18 heavy (non-hydrogen) atoms. The highest BCUT2D eigenvalue weighted by Crippen LogP contribution is 2.23. The van der Waals surface area contributed by atoms with Crippen molar-refractivity contribution in [3.05, 3.63) is 45.1 Å². The Morgan fingerprint density at radius 2 is 2.00 bits per heavy atom. The topological polar surface area (TPSA) is 27.1 Å². The fourth-order valence-corrected chi connectivity index (χ4v) is 2.27. The SMILES string of the molecule is CCc1nn(C)c(COc2ccc(Br)cc2)c1Cl. The van der Waals surface area contributed by atoms with E-state index in [-0.39, 0.29) is 0 Å². The minimum absolute atomic E-state index is 0.421. The van der Waals surface area contributed by atoms with E-state index in [2.05, 4.69) is 21.0 Å². The van der Waals surface area contributed by atoms with E-state index in [4.69, 9.17) is 16.3 Å². The molecule has 0 bridgehead atoms. The fraction of sp³-hybridized carbons (Fsp3) is 0.308. The van der Waals surface area contributed by atoms with Crippen molar-refractivity contribution in [2.24, 2.45) is 7.05 Å². The first-order valence-electron chi connectivity index (χ1n) is 5.70. The molecule has 0 aliphatic carbocycles. The molecule has 2 aromatic rings. The number of aromatic nitrogens is 2. The van der Waals surface area contributed by atoms with Crippen LogP contribution in [-0.2, 0) is 20.1 Å². The van der Waals surface area contributed by atoms with Crippen LogP contribution < -0.4 is 4.74 Å². The standard InChI is InChI=1S/C13H14BrClN2O/c1-3-11-13(15)12(17(2)16-11)8-18-10-6-4-9(14)5-7-10/h4-7H,3,8H2,1-2H3. The van der Waals surface area contributed by atoms with E-state index in [0.717, 1.165) is 28.0 Å².